The van der Waals surface area contributed by atoms with Gasteiger partial charge in [0.05, 0.1) is 16.4 Å². The average Bonchev–Trinajstić information content (AvgIpc) is 2.67. The zero-order valence-corrected chi connectivity index (χ0v) is 13.6. The first-order chi connectivity index (χ1) is 9.58. The molecule has 21 heavy (non-hydrogen) atoms. The Morgan fingerprint density at radius 3 is 2.48 bits per heavy atom. The third-order valence-electron chi connectivity index (χ3n) is 3.42. The molecule has 0 saturated carbocycles. The van der Waals surface area contributed by atoms with Crippen molar-refractivity contribution in [3.8, 4) is 5.75 Å². The lowest BCUT2D eigenvalue weighted by Crippen LogP contribution is -2.19. The van der Waals surface area contributed by atoms with Gasteiger partial charge in [-0.2, -0.15) is 0 Å². The van der Waals surface area contributed by atoms with E-state index < -0.39 is 19.9 Å². The molecule has 1 aromatic rings. The predicted octanol–water partition coefficient (Wildman–Crippen LogP) is 1.02. The van der Waals surface area contributed by atoms with Crippen LogP contribution in [-0.2, 0) is 19.9 Å². The standard InChI is InChI=1S/C13H19NO5S2/c1-9(2)12-7-11(21(14,17)18)3-4-13(12)19-10-5-6-20(15,16)8-10/h3-4,7,9-10H,5-6,8H2,1-2H3,(H2,14,17,18). The van der Waals surface area contributed by atoms with Gasteiger partial charge in [-0.1, -0.05) is 13.8 Å². The predicted molar refractivity (Wildman–Crippen MR) is 79.6 cm³/mol. The van der Waals surface area contributed by atoms with Gasteiger partial charge in [-0.25, -0.2) is 22.0 Å². The topological polar surface area (TPSA) is 104 Å². The Bertz CT molecular complexity index is 738. The molecule has 0 spiro atoms. The van der Waals surface area contributed by atoms with Gasteiger partial charge in [0.15, 0.2) is 9.84 Å². The maximum Gasteiger partial charge on any atom is 0.238 e. The van der Waals surface area contributed by atoms with Crippen LogP contribution in [0.1, 0.15) is 31.7 Å². The van der Waals surface area contributed by atoms with Gasteiger partial charge in [-0.05, 0) is 36.1 Å². The summed E-state index contributed by atoms with van der Waals surface area (Å²) in [5, 5.41) is 5.13. The first-order valence-electron chi connectivity index (χ1n) is 6.62. The highest BCUT2D eigenvalue weighted by atomic mass is 32.2. The number of sulfone groups is 1. The van der Waals surface area contributed by atoms with Crippen molar-refractivity contribution >= 4 is 19.9 Å². The summed E-state index contributed by atoms with van der Waals surface area (Å²) in [5.41, 5.74) is 0.700. The van der Waals surface area contributed by atoms with E-state index in [0.717, 1.165) is 0 Å². The largest absolute Gasteiger partial charge is 0.489 e. The van der Waals surface area contributed by atoms with Gasteiger partial charge >= 0.3 is 0 Å². The highest BCUT2D eigenvalue weighted by molar-refractivity contribution is 7.91. The first-order valence-corrected chi connectivity index (χ1v) is 9.99. The Labute approximate surface area is 125 Å². The van der Waals surface area contributed by atoms with Crippen molar-refractivity contribution < 1.29 is 21.6 Å². The van der Waals surface area contributed by atoms with Crippen molar-refractivity contribution in [3.05, 3.63) is 23.8 Å². The highest BCUT2D eigenvalue weighted by Gasteiger charge is 2.30. The van der Waals surface area contributed by atoms with E-state index in [1.54, 1.807) is 6.07 Å². The van der Waals surface area contributed by atoms with Crippen molar-refractivity contribution in [3.63, 3.8) is 0 Å². The molecule has 0 amide bonds. The molecule has 1 unspecified atom stereocenters. The lowest BCUT2D eigenvalue weighted by molar-refractivity contribution is 0.226. The summed E-state index contributed by atoms with van der Waals surface area (Å²) in [4.78, 5) is 0.0255. The van der Waals surface area contributed by atoms with Crippen LogP contribution < -0.4 is 9.88 Å². The number of ether oxygens (including phenoxy) is 1. The molecule has 1 atom stereocenters. The van der Waals surface area contributed by atoms with Crippen LogP contribution in [0.25, 0.3) is 0 Å². The van der Waals surface area contributed by atoms with E-state index in [2.05, 4.69) is 0 Å². The molecule has 1 aliphatic rings. The fourth-order valence-electron chi connectivity index (χ4n) is 2.30. The monoisotopic (exact) mass is 333 g/mol. The number of benzene rings is 1. The van der Waals surface area contributed by atoms with Crippen LogP contribution in [0.4, 0.5) is 0 Å². The Hall–Kier alpha value is -1.12. The van der Waals surface area contributed by atoms with E-state index in [-0.39, 0.29) is 28.4 Å². The molecule has 1 heterocycles. The molecule has 1 aromatic carbocycles. The van der Waals surface area contributed by atoms with E-state index in [9.17, 15) is 16.8 Å². The fraction of sp³-hybridized carbons (Fsp3) is 0.538. The molecule has 0 aromatic heterocycles. The van der Waals surface area contributed by atoms with E-state index >= 15 is 0 Å². The Morgan fingerprint density at radius 1 is 1.33 bits per heavy atom. The molecule has 0 radical (unpaired) electrons. The smallest absolute Gasteiger partial charge is 0.238 e. The summed E-state index contributed by atoms with van der Waals surface area (Å²) in [6.45, 7) is 3.81. The number of primary sulfonamides is 1. The van der Waals surface area contributed by atoms with Crippen LogP contribution in [0.3, 0.4) is 0 Å². The number of hydrogen-bond acceptors (Lipinski definition) is 5. The van der Waals surface area contributed by atoms with Crippen LogP contribution in [0.15, 0.2) is 23.1 Å². The summed E-state index contributed by atoms with van der Waals surface area (Å²) < 4.78 is 51.5. The quantitative estimate of drug-likeness (QED) is 0.886. The van der Waals surface area contributed by atoms with E-state index in [1.807, 2.05) is 13.8 Å². The molecular weight excluding hydrogens is 314 g/mol. The lowest BCUT2D eigenvalue weighted by Gasteiger charge is -2.18. The van der Waals surface area contributed by atoms with Crippen LogP contribution in [-0.4, -0.2) is 34.4 Å². The summed E-state index contributed by atoms with van der Waals surface area (Å²) in [7, 11) is -6.79. The van der Waals surface area contributed by atoms with Crippen molar-refractivity contribution in [1.29, 1.82) is 0 Å². The molecule has 8 heteroatoms. The van der Waals surface area contributed by atoms with Gasteiger partial charge in [-0.3, -0.25) is 0 Å². The molecule has 118 valence electrons. The van der Waals surface area contributed by atoms with Gasteiger partial charge in [-0.15, -0.1) is 0 Å². The lowest BCUT2D eigenvalue weighted by atomic mass is 10.0. The van der Waals surface area contributed by atoms with E-state index in [0.29, 0.717) is 17.7 Å². The van der Waals surface area contributed by atoms with Crippen LogP contribution in [0.2, 0.25) is 0 Å². The SMILES string of the molecule is CC(C)c1cc(S(N)(=O)=O)ccc1OC1CCS(=O)(=O)C1. The molecule has 1 fully saturated rings. The average molecular weight is 333 g/mol. The molecule has 2 rings (SSSR count). The summed E-state index contributed by atoms with van der Waals surface area (Å²) in [6.07, 6.45) is 0.0735. The number of nitrogens with two attached hydrogens (primary N) is 1. The molecule has 1 saturated heterocycles. The van der Waals surface area contributed by atoms with Crippen LogP contribution in [0, 0.1) is 0 Å². The highest BCUT2D eigenvalue weighted by Crippen LogP contribution is 2.31. The van der Waals surface area contributed by atoms with Gasteiger partial charge in [0.25, 0.3) is 0 Å². The van der Waals surface area contributed by atoms with Gasteiger partial charge in [0.1, 0.15) is 11.9 Å². The Morgan fingerprint density at radius 2 is 2.00 bits per heavy atom. The van der Waals surface area contributed by atoms with E-state index in [1.165, 1.54) is 12.1 Å². The molecule has 6 nitrogen and oxygen atoms in total. The van der Waals surface area contributed by atoms with Gasteiger partial charge < -0.3 is 4.74 Å². The van der Waals surface area contributed by atoms with Crippen LogP contribution in [0.5, 0.6) is 5.75 Å². The third-order valence-corrected chi connectivity index (χ3v) is 6.06. The normalized spacial score (nSPS) is 21.6. The second-order valence-corrected chi connectivity index (χ2v) is 9.33. The minimum absolute atomic E-state index is 0.00146. The summed E-state index contributed by atoms with van der Waals surface area (Å²) in [5.74, 6) is 0.671. The molecular formula is C13H19NO5S2. The second kappa shape index (κ2) is 5.58. The molecule has 0 bridgehead atoms. The zero-order valence-electron chi connectivity index (χ0n) is 11.9. The Kier molecular flexibility index (Phi) is 4.32. The zero-order chi connectivity index (χ0) is 15.8. The minimum Gasteiger partial charge on any atom is -0.489 e. The van der Waals surface area contributed by atoms with Crippen LogP contribution >= 0.6 is 0 Å². The molecule has 1 aliphatic heterocycles. The number of sulfonamides is 1. The first kappa shape index (κ1) is 16.3. The maximum atomic E-state index is 11.5. The molecule has 0 aliphatic carbocycles. The maximum absolute atomic E-state index is 11.5. The summed E-state index contributed by atoms with van der Waals surface area (Å²) in [6, 6.07) is 4.40. The van der Waals surface area contributed by atoms with Gasteiger partial charge in [0.2, 0.25) is 10.0 Å². The molecule has 2 N–H and O–H groups in total. The third kappa shape index (κ3) is 3.96. The van der Waals surface area contributed by atoms with Gasteiger partial charge in [0, 0.05) is 0 Å². The minimum atomic E-state index is -3.77. The number of rotatable bonds is 4. The van der Waals surface area contributed by atoms with E-state index in [4.69, 9.17) is 9.88 Å². The van der Waals surface area contributed by atoms with Crippen molar-refractivity contribution in [2.24, 2.45) is 5.14 Å². The second-order valence-electron chi connectivity index (χ2n) is 5.54. The van der Waals surface area contributed by atoms with Crippen molar-refractivity contribution in [2.75, 3.05) is 11.5 Å². The fourth-order valence-corrected chi connectivity index (χ4v) is 4.43. The van der Waals surface area contributed by atoms with Crippen molar-refractivity contribution in [1.82, 2.24) is 0 Å². The van der Waals surface area contributed by atoms with Crippen molar-refractivity contribution in [2.45, 2.75) is 37.2 Å². The Balaban J connectivity index is 2.32. The summed E-state index contributed by atoms with van der Waals surface area (Å²) >= 11 is 0. The number of hydrogen-bond donors (Lipinski definition) is 1.